The van der Waals surface area contributed by atoms with E-state index >= 15 is 0 Å². The van der Waals surface area contributed by atoms with Crippen LogP contribution in [0.25, 0.3) is 21.1 Å². The number of nitrogens with zero attached hydrogens (tertiary/aromatic N) is 5. The number of thiophene rings is 1. The number of benzene rings is 2. The number of amides is 1. The van der Waals surface area contributed by atoms with Crippen LogP contribution >= 0.6 is 11.3 Å². The molecule has 1 atom stereocenters. The molecule has 0 bridgehead atoms. The van der Waals surface area contributed by atoms with Crippen molar-refractivity contribution in [2.75, 3.05) is 0 Å². The number of aromatic hydroxyl groups is 1. The van der Waals surface area contributed by atoms with Crippen molar-refractivity contribution in [1.29, 1.82) is 0 Å². The quantitative estimate of drug-likeness (QED) is 0.288. The van der Waals surface area contributed by atoms with Crippen molar-refractivity contribution in [3.63, 3.8) is 0 Å². The summed E-state index contributed by atoms with van der Waals surface area (Å²) in [7, 11) is 0. The summed E-state index contributed by atoms with van der Waals surface area (Å²) in [5.74, 6) is -0.0672. The molecule has 6 rings (SSSR count). The van der Waals surface area contributed by atoms with E-state index in [1.807, 2.05) is 55.5 Å². The van der Waals surface area contributed by atoms with Crippen LogP contribution < -0.4 is 5.56 Å². The molecular formula is C29H27N5O3S. The van der Waals surface area contributed by atoms with Crippen molar-refractivity contribution in [3.8, 4) is 5.88 Å². The fourth-order valence-corrected chi connectivity index (χ4v) is 6.51. The Kier molecular flexibility index (Phi) is 6.15. The number of carbonyl (C=O) groups is 1. The van der Waals surface area contributed by atoms with Gasteiger partial charge in [-0.3, -0.25) is 14.2 Å². The average Bonchev–Trinajstić information content (AvgIpc) is 3.40. The maximum Gasteiger partial charge on any atom is 0.284 e. The average molecular weight is 526 g/mol. The first-order chi connectivity index (χ1) is 18.4. The van der Waals surface area contributed by atoms with Crippen LogP contribution in [0.3, 0.4) is 0 Å². The first-order valence-corrected chi connectivity index (χ1v) is 13.5. The van der Waals surface area contributed by atoms with E-state index in [4.69, 9.17) is 0 Å². The minimum atomic E-state index is -0.597. The van der Waals surface area contributed by atoms with Crippen molar-refractivity contribution >= 4 is 44.1 Å². The van der Waals surface area contributed by atoms with Crippen LogP contribution in [0.15, 0.2) is 69.9 Å². The number of aromatic nitrogens is 3. The summed E-state index contributed by atoms with van der Waals surface area (Å²) in [5.41, 5.74) is 4.06. The molecule has 5 aromatic rings. The number of carbonyl (C=O) groups excluding carboxylic acids is 1. The Morgan fingerprint density at radius 2 is 1.97 bits per heavy atom. The Bertz CT molecular complexity index is 1780. The highest BCUT2D eigenvalue weighted by Gasteiger charge is 2.23. The highest BCUT2D eigenvalue weighted by Crippen LogP contribution is 2.39. The van der Waals surface area contributed by atoms with Gasteiger partial charge in [0.1, 0.15) is 11.4 Å². The fourth-order valence-electron chi connectivity index (χ4n) is 5.17. The van der Waals surface area contributed by atoms with E-state index in [2.05, 4.69) is 22.1 Å². The van der Waals surface area contributed by atoms with E-state index in [-0.39, 0.29) is 23.7 Å². The third kappa shape index (κ3) is 4.32. The first kappa shape index (κ1) is 24.2. The molecule has 0 fully saturated rings. The lowest BCUT2D eigenvalue weighted by molar-refractivity contribution is -0.118. The molecule has 3 aromatic heterocycles. The predicted octanol–water partition coefficient (Wildman–Crippen LogP) is 5.91. The Morgan fingerprint density at radius 3 is 2.79 bits per heavy atom. The summed E-state index contributed by atoms with van der Waals surface area (Å²) >= 11 is 1.58. The lowest BCUT2D eigenvalue weighted by atomic mass is 9.89. The van der Waals surface area contributed by atoms with Gasteiger partial charge < -0.3 is 9.67 Å². The molecule has 0 saturated carbocycles. The number of azo groups is 1. The smallest absolute Gasteiger partial charge is 0.284 e. The number of para-hydroxylation sites is 1. The van der Waals surface area contributed by atoms with Gasteiger partial charge in [0.15, 0.2) is 5.69 Å². The van der Waals surface area contributed by atoms with Crippen molar-refractivity contribution in [2.45, 2.75) is 46.2 Å². The van der Waals surface area contributed by atoms with E-state index in [0.29, 0.717) is 23.2 Å². The van der Waals surface area contributed by atoms with Crippen LogP contribution in [-0.4, -0.2) is 25.1 Å². The summed E-state index contributed by atoms with van der Waals surface area (Å²) in [5, 5.41) is 20.4. The van der Waals surface area contributed by atoms with Crippen LogP contribution in [0.1, 0.15) is 34.9 Å². The number of hydrogen-bond donors (Lipinski definition) is 1. The van der Waals surface area contributed by atoms with Gasteiger partial charge in [-0.15, -0.1) is 21.6 Å². The molecular weight excluding hydrogens is 498 g/mol. The van der Waals surface area contributed by atoms with E-state index in [9.17, 15) is 14.7 Å². The van der Waals surface area contributed by atoms with Gasteiger partial charge in [0.2, 0.25) is 5.88 Å². The van der Waals surface area contributed by atoms with Crippen molar-refractivity contribution in [3.05, 3.63) is 86.8 Å². The molecule has 8 nitrogen and oxygen atoms in total. The molecule has 2 aromatic carbocycles. The highest BCUT2D eigenvalue weighted by atomic mass is 32.1. The van der Waals surface area contributed by atoms with Gasteiger partial charge in [-0.05, 0) is 49.3 Å². The molecule has 0 radical (unpaired) electrons. The summed E-state index contributed by atoms with van der Waals surface area (Å²) in [6, 6.07) is 15.6. The van der Waals surface area contributed by atoms with E-state index in [1.54, 1.807) is 15.9 Å². The van der Waals surface area contributed by atoms with Gasteiger partial charge in [-0.2, -0.15) is 0 Å². The summed E-state index contributed by atoms with van der Waals surface area (Å²) in [6.07, 6.45) is 4.27. The molecule has 1 aliphatic rings. The molecule has 1 N–H and O–H groups in total. The number of aryl methyl sites for hydroxylation is 2. The lowest BCUT2D eigenvalue weighted by Gasteiger charge is -2.17. The summed E-state index contributed by atoms with van der Waals surface area (Å²) < 4.78 is 3.05. The Balaban J connectivity index is 1.28. The first-order valence-electron chi connectivity index (χ1n) is 12.7. The maximum absolute atomic E-state index is 13.2. The molecule has 9 heteroatoms. The SMILES string of the molecule is Cc1ccc(Cn2c(O)c(N=NC(=O)Cn3cnc4sc5c(c4c3=O)CC[C@@H](C)C5)c3ccccc32)cc1. The van der Waals surface area contributed by atoms with Gasteiger partial charge in [-0.1, -0.05) is 55.0 Å². The number of fused-ring (bicyclic) bond motifs is 4. The van der Waals surface area contributed by atoms with Gasteiger partial charge in [0, 0.05) is 10.3 Å². The second-order valence-corrected chi connectivity index (χ2v) is 11.1. The Morgan fingerprint density at radius 1 is 1.18 bits per heavy atom. The molecule has 192 valence electrons. The third-order valence-electron chi connectivity index (χ3n) is 7.23. The van der Waals surface area contributed by atoms with E-state index in [0.717, 1.165) is 46.3 Å². The number of rotatable bonds is 5. The zero-order valence-electron chi connectivity index (χ0n) is 21.2. The second kappa shape index (κ2) is 9.64. The molecule has 1 aliphatic carbocycles. The molecule has 0 unspecified atom stereocenters. The van der Waals surface area contributed by atoms with Gasteiger partial charge in [0.25, 0.3) is 11.5 Å². The Labute approximate surface area is 222 Å². The minimum absolute atomic E-state index is 0.0669. The molecule has 0 aliphatic heterocycles. The van der Waals surface area contributed by atoms with Crippen LogP contribution in [0.4, 0.5) is 5.69 Å². The Hall–Kier alpha value is -4.11. The minimum Gasteiger partial charge on any atom is -0.493 e. The van der Waals surface area contributed by atoms with Crippen molar-refractivity contribution in [1.82, 2.24) is 14.1 Å². The van der Waals surface area contributed by atoms with E-state index in [1.165, 1.54) is 15.8 Å². The normalized spacial score (nSPS) is 15.5. The van der Waals surface area contributed by atoms with Crippen LogP contribution in [0.5, 0.6) is 5.88 Å². The molecule has 1 amide bonds. The van der Waals surface area contributed by atoms with Crippen LogP contribution in [-0.2, 0) is 30.7 Å². The monoisotopic (exact) mass is 525 g/mol. The molecule has 3 heterocycles. The largest absolute Gasteiger partial charge is 0.493 e. The third-order valence-corrected chi connectivity index (χ3v) is 8.39. The van der Waals surface area contributed by atoms with Crippen LogP contribution in [0, 0.1) is 12.8 Å². The second-order valence-electron chi connectivity index (χ2n) is 10.1. The van der Waals surface area contributed by atoms with Gasteiger partial charge >= 0.3 is 0 Å². The van der Waals surface area contributed by atoms with Gasteiger partial charge in [-0.25, -0.2) is 4.98 Å². The number of hydrogen-bond acceptors (Lipinski definition) is 6. The zero-order valence-corrected chi connectivity index (χ0v) is 22.0. The van der Waals surface area contributed by atoms with Crippen molar-refractivity contribution < 1.29 is 9.90 Å². The standard InChI is InChI=1S/C29H27N5O3S/c1-17-7-10-19(11-8-17)14-34-22-6-4-3-5-20(22)26(29(34)37)32-31-24(35)15-33-16-30-27-25(28(33)36)21-12-9-18(2)13-23(21)38-27/h3-8,10-11,16,18,37H,9,12-15H2,1-2H3/t18-/m1/s1. The molecule has 38 heavy (non-hydrogen) atoms. The van der Waals surface area contributed by atoms with Crippen molar-refractivity contribution in [2.24, 2.45) is 16.1 Å². The molecule has 0 spiro atoms. The lowest BCUT2D eigenvalue weighted by Crippen LogP contribution is -2.24. The summed E-state index contributed by atoms with van der Waals surface area (Å²) in [4.78, 5) is 32.4. The maximum atomic E-state index is 13.2. The van der Waals surface area contributed by atoms with Crippen LogP contribution in [0.2, 0.25) is 0 Å². The fraction of sp³-hybridized carbons (Fsp3) is 0.276. The predicted molar refractivity (Wildman–Crippen MR) is 148 cm³/mol. The topological polar surface area (TPSA) is 102 Å². The zero-order chi connectivity index (χ0) is 26.4. The van der Waals surface area contributed by atoms with Gasteiger partial charge in [0.05, 0.1) is 23.8 Å². The van der Waals surface area contributed by atoms with E-state index < -0.39 is 5.91 Å². The summed E-state index contributed by atoms with van der Waals surface area (Å²) in [6.45, 7) is 4.43. The molecule has 0 saturated heterocycles. The highest BCUT2D eigenvalue weighted by molar-refractivity contribution is 7.18.